The average Bonchev–Trinajstić information content (AvgIpc) is 2.24. The first kappa shape index (κ1) is 14.9. The molecule has 1 unspecified atom stereocenters. The Labute approximate surface area is 93.8 Å². The average molecular weight is 218 g/mol. The van der Waals surface area contributed by atoms with Crippen LogP contribution in [0.25, 0.3) is 0 Å². The molecule has 0 bridgehead atoms. The first-order chi connectivity index (χ1) is 7.35. The molecule has 0 radical (unpaired) electrons. The fourth-order valence-corrected chi connectivity index (χ4v) is 1.53. The number of ether oxygens (including phenoxy) is 2. The Morgan fingerprint density at radius 3 is 2.53 bits per heavy atom. The van der Waals surface area contributed by atoms with E-state index < -0.39 is 0 Å². The summed E-state index contributed by atoms with van der Waals surface area (Å²) in [6, 6.07) is 0. The predicted octanol–water partition coefficient (Wildman–Crippen LogP) is 2.37. The lowest BCUT2D eigenvalue weighted by Crippen LogP contribution is -2.21. The third-order valence-electron chi connectivity index (χ3n) is 2.32. The van der Waals surface area contributed by atoms with Gasteiger partial charge in [0.05, 0.1) is 25.9 Å². The van der Waals surface area contributed by atoms with Gasteiger partial charge in [0.1, 0.15) is 0 Å². The molecule has 0 aromatic carbocycles. The molecule has 3 nitrogen and oxygen atoms in total. The van der Waals surface area contributed by atoms with Crippen LogP contribution in [0.5, 0.6) is 0 Å². The summed E-state index contributed by atoms with van der Waals surface area (Å²) in [4.78, 5) is 0. The van der Waals surface area contributed by atoms with Gasteiger partial charge < -0.3 is 14.6 Å². The molecule has 15 heavy (non-hydrogen) atoms. The first-order valence-electron chi connectivity index (χ1n) is 6.15. The van der Waals surface area contributed by atoms with E-state index in [2.05, 4.69) is 6.92 Å². The summed E-state index contributed by atoms with van der Waals surface area (Å²) in [6.07, 6.45) is 6.33. The molecular formula is C12H26O3. The standard InChI is InChI=1S/C12H26O3/c1-3-5-6-7-8-12(15-4-2)11-14-10-9-13/h12-13H,3-11H2,1-2H3. The molecule has 0 rings (SSSR count). The minimum Gasteiger partial charge on any atom is -0.394 e. The van der Waals surface area contributed by atoms with Crippen molar-refractivity contribution < 1.29 is 14.6 Å². The fraction of sp³-hybridized carbons (Fsp3) is 1.00. The van der Waals surface area contributed by atoms with E-state index in [0.29, 0.717) is 13.2 Å². The SMILES string of the molecule is CCCCCCC(COCCO)OCC. The van der Waals surface area contributed by atoms with Gasteiger partial charge >= 0.3 is 0 Å². The number of hydrogen-bond acceptors (Lipinski definition) is 3. The zero-order valence-electron chi connectivity index (χ0n) is 10.2. The quantitative estimate of drug-likeness (QED) is 0.541. The highest BCUT2D eigenvalue weighted by atomic mass is 16.5. The summed E-state index contributed by atoms with van der Waals surface area (Å²) < 4.78 is 10.8. The van der Waals surface area contributed by atoms with Crippen molar-refractivity contribution in [1.29, 1.82) is 0 Å². The summed E-state index contributed by atoms with van der Waals surface area (Å²) in [6.45, 7) is 6.07. The zero-order chi connectivity index (χ0) is 11.4. The van der Waals surface area contributed by atoms with E-state index in [4.69, 9.17) is 14.6 Å². The van der Waals surface area contributed by atoms with Crippen LogP contribution in [0.1, 0.15) is 46.0 Å². The number of hydrogen-bond donors (Lipinski definition) is 1. The van der Waals surface area contributed by atoms with E-state index in [1.165, 1.54) is 25.7 Å². The Bertz CT molecular complexity index is 117. The van der Waals surface area contributed by atoms with Crippen molar-refractivity contribution in [3.05, 3.63) is 0 Å². The minimum atomic E-state index is 0.0919. The van der Waals surface area contributed by atoms with Crippen molar-refractivity contribution in [2.45, 2.75) is 52.1 Å². The molecule has 0 aliphatic rings. The molecule has 0 spiro atoms. The first-order valence-corrected chi connectivity index (χ1v) is 6.15. The van der Waals surface area contributed by atoms with E-state index in [-0.39, 0.29) is 12.7 Å². The van der Waals surface area contributed by atoms with Crippen molar-refractivity contribution in [2.75, 3.05) is 26.4 Å². The van der Waals surface area contributed by atoms with Crippen molar-refractivity contribution in [3.63, 3.8) is 0 Å². The van der Waals surface area contributed by atoms with Gasteiger partial charge in [-0.25, -0.2) is 0 Å². The molecule has 0 saturated carbocycles. The van der Waals surface area contributed by atoms with Crippen molar-refractivity contribution in [1.82, 2.24) is 0 Å². The van der Waals surface area contributed by atoms with E-state index in [1.807, 2.05) is 6.92 Å². The third-order valence-corrected chi connectivity index (χ3v) is 2.32. The van der Waals surface area contributed by atoms with Crippen LogP contribution in [-0.4, -0.2) is 37.6 Å². The third kappa shape index (κ3) is 10.2. The van der Waals surface area contributed by atoms with Crippen LogP contribution in [0.3, 0.4) is 0 Å². The molecule has 1 N–H and O–H groups in total. The number of rotatable bonds is 11. The second-order valence-corrected chi connectivity index (χ2v) is 3.73. The van der Waals surface area contributed by atoms with Gasteiger partial charge in [-0.05, 0) is 13.3 Å². The molecule has 0 amide bonds. The van der Waals surface area contributed by atoms with Crippen LogP contribution < -0.4 is 0 Å². The molecule has 0 fully saturated rings. The normalized spacial score (nSPS) is 13.0. The molecule has 0 heterocycles. The van der Waals surface area contributed by atoms with Crippen molar-refractivity contribution >= 4 is 0 Å². The Hall–Kier alpha value is -0.120. The molecule has 0 aromatic rings. The summed E-state index contributed by atoms with van der Waals surface area (Å²) in [5.41, 5.74) is 0. The van der Waals surface area contributed by atoms with Gasteiger partial charge in [0.2, 0.25) is 0 Å². The van der Waals surface area contributed by atoms with Gasteiger partial charge in [-0.2, -0.15) is 0 Å². The van der Waals surface area contributed by atoms with Crippen LogP contribution in [0, 0.1) is 0 Å². The second kappa shape index (κ2) is 12.0. The number of aliphatic hydroxyl groups excluding tert-OH is 1. The summed E-state index contributed by atoms with van der Waals surface area (Å²) in [5.74, 6) is 0. The van der Waals surface area contributed by atoms with Gasteiger partial charge in [-0.15, -0.1) is 0 Å². The maximum absolute atomic E-state index is 8.59. The van der Waals surface area contributed by atoms with Crippen LogP contribution in [-0.2, 0) is 9.47 Å². The van der Waals surface area contributed by atoms with Crippen LogP contribution in [0.2, 0.25) is 0 Å². The van der Waals surface area contributed by atoms with Crippen molar-refractivity contribution in [2.24, 2.45) is 0 Å². The molecule has 0 saturated heterocycles. The fourth-order valence-electron chi connectivity index (χ4n) is 1.53. The van der Waals surface area contributed by atoms with Gasteiger partial charge in [0.15, 0.2) is 0 Å². The van der Waals surface area contributed by atoms with E-state index >= 15 is 0 Å². The molecular weight excluding hydrogens is 192 g/mol. The lowest BCUT2D eigenvalue weighted by molar-refractivity contribution is -0.0238. The number of aliphatic hydroxyl groups is 1. The van der Waals surface area contributed by atoms with Gasteiger partial charge in [0.25, 0.3) is 0 Å². The molecule has 92 valence electrons. The molecule has 3 heteroatoms. The van der Waals surface area contributed by atoms with E-state index in [0.717, 1.165) is 13.0 Å². The highest BCUT2D eigenvalue weighted by Crippen LogP contribution is 2.08. The lowest BCUT2D eigenvalue weighted by Gasteiger charge is -2.16. The predicted molar refractivity (Wildman–Crippen MR) is 62.1 cm³/mol. The van der Waals surface area contributed by atoms with Gasteiger partial charge in [-0.1, -0.05) is 32.6 Å². The maximum Gasteiger partial charge on any atom is 0.0808 e. The Kier molecular flexibility index (Phi) is 11.9. The topological polar surface area (TPSA) is 38.7 Å². The summed E-state index contributed by atoms with van der Waals surface area (Å²) in [7, 11) is 0. The molecule has 0 aliphatic heterocycles. The number of unbranched alkanes of at least 4 members (excludes halogenated alkanes) is 3. The maximum atomic E-state index is 8.59. The minimum absolute atomic E-state index is 0.0919. The van der Waals surface area contributed by atoms with Crippen LogP contribution in [0.4, 0.5) is 0 Å². The van der Waals surface area contributed by atoms with Crippen LogP contribution in [0.15, 0.2) is 0 Å². The molecule has 0 aliphatic carbocycles. The Morgan fingerprint density at radius 2 is 1.93 bits per heavy atom. The zero-order valence-corrected chi connectivity index (χ0v) is 10.2. The Balaban J connectivity index is 3.44. The molecule has 1 atom stereocenters. The Morgan fingerprint density at radius 1 is 1.13 bits per heavy atom. The van der Waals surface area contributed by atoms with E-state index in [1.54, 1.807) is 0 Å². The lowest BCUT2D eigenvalue weighted by atomic mass is 10.1. The van der Waals surface area contributed by atoms with Crippen LogP contribution >= 0.6 is 0 Å². The summed E-state index contributed by atoms with van der Waals surface area (Å²) >= 11 is 0. The van der Waals surface area contributed by atoms with Gasteiger partial charge in [0, 0.05) is 6.61 Å². The summed E-state index contributed by atoms with van der Waals surface area (Å²) in [5, 5.41) is 8.59. The monoisotopic (exact) mass is 218 g/mol. The van der Waals surface area contributed by atoms with E-state index in [9.17, 15) is 0 Å². The largest absolute Gasteiger partial charge is 0.394 e. The second-order valence-electron chi connectivity index (χ2n) is 3.73. The van der Waals surface area contributed by atoms with Gasteiger partial charge in [-0.3, -0.25) is 0 Å². The highest BCUT2D eigenvalue weighted by Gasteiger charge is 2.07. The smallest absolute Gasteiger partial charge is 0.0808 e. The van der Waals surface area contributed by atoms with Crippen molar-refractivity contribution in [3.8, 4) is 0 Å². The molecule has 0 aromatic heterocycles. The highest BCUT2D eigenvalue weighted by molar-refractivity contribution is 4.57.